The summed E-state index contributed by atoms with van der Waals surface area (Å²) in [7, 11) is 0. The summed E-state index contributed by atoms with van der Waals surface area (Å²) < 4.78 is 14.1. The highest BCUT2D eigenvalue weighted by Gasteiger charge is 2.30. The molecule has 5 nitrogen and oxygen atoms in total. The molecule has 1 aliphatic rings. The van der Waals surface area contributed by atoms with Gasteiger partial charge in [-0.3, -0.25) is 14.9 Å². The number of carbonyl (C=O) groups excluding carboxylic acids is 1. The van der Waals surface area contributed by atoms with Crippen LogP contribution in [-0.4, -0.2) is 17.4 Å². The number of benzene rings is 2. The summed E-state index contributed by atoms with van der Waals surface area (Å²) in [6.45, 7) is 0.346. The van der Waals surface area contributed by atoms with E-state index in [0.717, 1.165) is 5.56 Å². The lowest BCUT2D eigenvalue weighted by Gasteiger charge is -2.29. The Kier molecular flexibility index (Phi) is 3.58. The molecule has 22 heavy (non-hydrogen) atoms. The van der Waals surface area contributed by atoms with Crippen LogP contribution in [0.15, 0.2) is 42.5 Å². The van der Waals surface area contributed by atoms with Crippen molar-refractivity contribution < 1.29 is 14.1 Å². The lowest BCUT2D eigenvalue weighted by Crippen LogP contribution is -2.36. The molecular weight excluding hydrogens is 287 g/mol. The maximum Gasteiger partial charge on any atom is 0.282 e. The van der Waals surface area contributed by atoms with Crippen molar-refractivity contribution in [1.29, 1.82) is 0 Å². The average Bonchev–Trinajstić information content (AvgIpc) is 2.54. The molecule has 0 fully saturated rings. The van der Waals surface area contributed by atoms with Crippen molar-refractivity contribution in [1.82, 2.24) is 0 Å². The van der Waals surface area contributed by atoms with Gasteiger partial charge in [0.2, 0.25) is 0 Å². The fourth-order valence-corrected chi connectivity index (χ4v) is 2.77. The normalized spacial score (nSPS) is 13.6. The third-order valence-corrected chi connectivity index (χ3v) is 3.74. The van der Waals surface area contributed by atoms with Gasteiger partial charge in [-0.25, -0.2) is 4.39 Å². The van der Waals surface area contributed by atoms with Gasteiger partial charge >= 0.3 is 0 Å². The SMILES string of the molecule is O=C(c1ccccc1[N+](=O)[O-])N1CCCc2cccc(F)c21. The number of nitrogens with zero attached hydrogens (tertiary/aromatic N) is 2. The smallest absolute Gasteiger partial charge is 0.282 e. The molecule has 0 radical (unpaired) electrons. The minimum absolute atomic E-state index is 0.0244. The van der Waals surface area contributed by atoms with Crippen LogP contribution in [-0.2, 0) is 6.42 Å². The van der Waals surface area contributed by atoms with Crippen LogP contribution in [0.4, 0.5) is 15.8 Å². The summed E-state index contributed by atoms with van der Waals surface area (Å²) in [5, 5.41) is 11.1. The minimum Gasteiger partial charge on any atom is -0.305 e. The number of rotatable bonds is 2. The first kappa shape index (κ1) is 14.2. The van der Waals surface area contributed by atoms with Crippen LogP contribution in [0.3, 0.4) is 0 Å². The van der Waals surface area contributed by atoms with Gasteiger partial charge in [0.05, 0.1) is 10.6 Å². The van der Waals surface area contributed by atoms with Crippen LogP contribution in [0.2, 0.25) is 0 Å². The third kappa shape index (κ3) is 2.32. The number of nitro benzene ring substituents is 1. The fraction of sp³-hybridized carbons (Fsp3) is 0.188. The molecule has 0 atom stereocenters. The van der Waals surface area contributed by atoms with Crippen LogP contribution < -0.4 is 4.90 Å². The van der Waals surface area contributed by atoms with Gasteiger partial charge in [-0.15, -0.1) is 0 Å². The molecule has 1 aliphatic heterocycles. The maximum atomic E-state index is 14.1. The van der Waals surface area contributed by atoms with Crippen LogP contribution in [0.25, 0.3) is 0 Å². The van der Waals surface area contributed by atoms with Crippen molar-refractivity contribution in [2.45, 2.75) is 12.8 Å². The Morgan fingerprint density at radius 2 is 1.95 bits per heavy atom. The maximum absolute atomic E-state index is 14.1. The topological polar surface area (TPSA) is 63.4 Å². The average molecular weight is 300 g/mol. The highest BCUT2D eigenvalue weighted by atomic mass is 19.1. The predicted molar refractivity (Wildman–Crippen MR) is 79.5 cm³/mol. The number of aryl methyl sites for hydroxylation is 1. The van der Waals surface area contributed by atoms with Gasteiger partial charge < -0.3 is 4.90 Å². The highest BCUT2D eigenvalue weighted by Crippen LogP contribution is 2.32. The summed E-state index contributed by atoms with van der Waals surface area (Å²) in [4.78, 5) is 24.5. The molecule has 0 aliphatic carbocycles. The summed E-state index contributed by atoms with van der Waals surface area (Å²) in [6.07, 6.45) is 1.39. The van der Waals surface area contributed by atoms with E-state index in [1.165, 1.54) is 29.2 Å². The largest absolute Gasteiger partial charge is 0.305 e. The lowest BCUT2D eigenvalue weighted by molar-refractivity contribution is -0.385. The van der Waals surface area contributed by atoms with Gasteiger partial charge in [-0.05, 0) is 30.5 Å². The van der Waals surface area contributed by atoms with E-state index in [1.807, 2.05) is 0 Å². The Bertz CT molecular complexity index is 761. The van der Waals surface area contributed by atoms with Gasteiger partial charge in [0.25, 0.3) is 11.6 Å². The van der Waals surface area contributed by atoms with Gasteiger partial charge in [-0.2, -0.15) is 0 Å². The zero-order valence-corrected chi connectivity index (χ0v) is 11.7. The molecule has 3 rings (SSSR count). The Labute approximate surface area is 126 Å². The molecule has 0 N–H and O–H groups in total. The van der Waals surface area contributed by atoms with Gasteiger partial charge in [-0.1, -0.05) is 24.3 Å². The van der Waals surface area contributed by atoms with Crippen molar-refractivity contribution >= 4 is 17.3 Å². The summed E-state index contributed by atoms with van der Waals surface area (Å²) >= 11 is 0. The van der Waals surface area contributed by atoms with Crippen molar-refractivity contribution in [2.75, 3.05) is 11.4 Å². The number of halogens is 1. The summed E-state index contributed by atoms with van der Waals surface area (Å²) in [5.41, 5.74) is 0.689. The number of hydrogen-bond acceptors (Lipinski definition) is 3. The van der Waals surface area contributed by atoms with E-state index >= 15 is 0 Å². The Hall–Kier alpha value is -2.76. The van der Waals surface area contributed by atoms with E-state index in [2.05, 4.69) is 0 Å². The molecule has 1 heterocycles. The zero-order valence-electron chi connectivity index (χ0n) is 11.7. The molecule has 2 aromatic carbocycles. The molecule has 0 bridgehead atoms. The first-order valence-electron chi connectivity index (χ1n) is 6.92. The Morgan fingerprint density at radius 1 is 1.18 bits per heavy atom. The fourth-order valence-electron chi connectivity index (χ4n) is 2.77. The second-order valence-corrected chi connectivity index (χ2v) is 5.08. The molecule has 112 valence electrons. The molecule has 0 unspecified atom stereocenters. The molecule has 0 spiro atoms. The first-order chi connectivity index (χ1) is 10.6. The van der Waals surface area contributed by atoms with E-state index in [-0.39, 0.29) is 16.9 Å². The lowest BCUT2D eigenvalue weighted by atomic mass is 10.00. The number of fused-ring (bicyclic) bond motifs is 1. The first-order valence-corrected chi connectivity index (χ1v) is 6.92. The molecule has 0 aromatic heterocycles. The second-order valence-electron chi connectivity index (χ2n) is 5.08. The number of para-hydroxylation sites is 2. The molecule has 6 heteroatoms. The van der Waals surface area contributed by atoms with Crippen LogP contribution in [0.5, 0.6) is 0 Å². The summed E-state index contributed by atoms with van der Waals surface area (Å²) in [6, 6.07) is 10.4. The molecule has 0 saturated carbocycles. The van der Waals surface area contributed by atoms with E-state index in [9.17, 15) is 19.3 Å². The van der Waals surface area contributed by atoms with Gasteiger partial charge in [0, 0.05) is 12.6 Å². The van der Waals surface area contributed by atoms with E-state index in [1.54, 1.807) is 18.2 Å². The number of hydrogen-bond donors (Lipinski definition) is 0. The summed E-state index contributed by atoms with van der Waals surface area (Å²) in [5.74, 6) is -1.03. The monoisotopic (exact) mass is 300 g/mol. The number of anilines is 1. The van der Waals surface area contributed by atoms with Crippen molar-refractivity contribution in [3.05, 3.63) is 69.5 Å². The number of nitro groups is 1. The van der Waals surface area contributed by atoms with Gasteiger partial charge in [0.15, 0.2) is 0 Å². The van der Waals surface area contributed by atoms with Crippen molar-refractivity contribution in [2.24, 2.45) is 0 Å². The van der Waals surface area contributed by atoms with Crippen LogP contribution in [0.1, 0.15) is 22.3 Å². The predicted octanol–water partition coefficient (Wildman–Crippen LogP) is 3.33. The standard InChI is InChI=1S/C16H13FN2O3/c17-13-8-3-5-11-6-4-10-18(15(11)13)16(20)12-7-1-2-9-14(12)19(21)22/h1-3,5,7-9H,4,6,10H2. The Balaban J connectivity index is 2.07. The highest BCUT2D eigenvalue weighted by molar-refractivity contribution is 6.09. The molecule has 1 amide bonds. The van der Waals surface area contributed by atoms with Crippen molar-refractivity contribution in [3.63, 3.8) is 0 Å². The quantitative estimate of drug-likeness (QED) is 0.631. The van der Waals surface area contributed by atoms with E-state index in [0.29, 0.717) is 19.4 Å². The zero-order chi connectivity index (χ0) is 15.7. The number of amides is 1. The third-order valence-electron chi connectivity index (χ3n) is 3.74. The van der Waals surface area contributed by atoms with Crippen LogP contribution >= 0.6 is 0 Å². The molecule has 2 aromatic rings. The Morgan fingerprint density at radius 3 is 2.73 bits per heavy atom. The van der Waals surface area contributed by atoms with Crippen molar-refractivity contribution in [3.8, 4) is 0 Å². The molecule has 0 saturated heterocycles. The molecular formula is C16H13FN2O3. The second kappa shape index (κ2) is 5.55. The number of carbonyl (C=O) groups is 1. The minimum atomic E-state index is -0.598. The van der Waals surface area contributed by atoms with E-state index in [4.69, 9.17) is 0 Å². The van der Waals surface area contributed by atoms with E-state index < -0.39 is 16.6 Å². The van der Waals surface area contributed by atoms with Crippen LogP contribution in [0, 0.1) is 15.9 Å². The van der Waals surface area contributed by atoms with Gasteiger partial charge in [0.1, 0.15) is 11.4 Å².